The van der Waals surface area contributed by atoms with Crippen molar-refractivity contribution in [2.75, 3.05) is 13.2 Å². The highest BCUT2D eigenvalue weighted by atomic mass is 35.5. The van der Waals surface area contributed by atoms with Crippen LogP contribution in [0.2, 0.25) is 5.02 Å². The van der Waals surface area contributed by atoms with E-state index in [-0.39, 0.29) is 11.6 Å². The van der Waals surface area contributed by atoms with Crippen LogP contribution >= 0.6 is 11.6 Å². The van der Waals surface area contributed by atoms with Crippen molar-refractivity contribution in [1.82, 2.24) is 5.32 Å². The molecule has 2 nitrogen and oxygen atoms in total. The molecule has 0 saturated heterocycles. The average molecular weight is 310 g/mol. The summed E-state index contributed by atoms with van der Waals surface area (Å²) >= 11 is 6.05. The van der Waals surface area contributed by atoms with E-state index in [0.29, 0.717) is 0 Å². The summed E-state index contributed by atoms with van der Waals surface area (Å²) in [6, 6.07) is 8.50. The third-order valence-electron chi connectivity index (χ3n) is 4.52. The highest BCUT2D eigenvalue weighted by Gasteiger charge is 2.40. The Bertz CT molecular complexity index is 410. The summed E-state index contributed by atoms with van der Waals surface area (Å²) in [6.45, 7) is 5.99. The van der Waals surface area contributed by atoms with Crippen molar-refractivity contribution in [2.45, 2.75) is 64.0 Å². The van der Waals surface area contributed by atoms with Gasteiger partial charge in [-0.15, -0.1) is 0 Å². The van der Waals surface area contributed by atoms with E-state index in [2.05, 4.69) is 31.3 Å². The summed E-state index contributed by atoms with van der Waals surface area (Å²) in [4.78, 5) is 0. The highest BCUT2D eigenvalue weighted by Crippen LogP contribution is 2.40. The molecule has 21 heavy (non-hydrogen) atoms. The van der Waals surface area contributed by atoms with Gasteiger partial charge in [-0.25, -0.2) is 0 Å². The zero-order valence-corrected chi connectivity index (χ0v) is 14.1. The first kappa shape index (κ1) is 16.8. The first-order valence-corrected chi connectivity index (χ1v) is 8.72. The molecule has 0 amide bonds. The van der Waals surface area contributed by atoms with Crippen LogP contribution in [-0.2, 0) is 4.74 Å². The lowest BCUT2D eigenvalue weighted by Crippen LogP contribution is -2.46. The van der Waals surface area contributed by atoms with E-state index in [1.54, 1.807) is 0 Å². The summed E-state index contributed by atoms with van der Waals surface area (Å²) < 4.78 is 6.35. The summed E-state index contributed by atoms with van der Waals surface area (Å²) in [5.41, 5.74) is 1.21. The minimum absolute atomic E-state index is 0.0743. The SMILES string of the molecule is CCNC(c1ccc(Cl)cc1)C1(OCC)CCCCCC1. The second kappa shape index (κ2) is 8.17. The summed E-state index contributed by atoms with van der Waals surface area (Å²) in [6.07, 6.45) is 7.45. The predicted octanol–water partition coefficient (Wildman–Crippen LogP) is 5.12. The molecule has 0 aromatic heterocycles. The lowest BCUT2D eigenvalue weighted by atomic mass is 9.82. The van der Waals surface area contributed by atoms with Crippen LogP contribution in [0.25, 0.3) is 0 Å². The summed E-state index contributed by atoms with van der Waals surface area (Å²) in [7, 11) is 0. The number of nitrogens with one attached hydrogen (secondary N) is 1. The van der Waals surface area contributed by atoms with E-state index in [9.17, 15) is 0 Å². The highest BCUT2D eigenvalue weighted by molar-refractivity contribution is 6.30. The molecule has 1 aliphatic rings. The molecule has 0 aliphatic heterocycles. The third-order valence-corrected chi connectivity index (χ3v) is 4.77. The second-order valence-corrected chi connectivity index (χ2v) is 6.39. The molecule has 0 radical (unpaired) electrons. The Kier molecular flexibility index (Phi) is 6.53. The molecule has 0 spiro atoms. The molecular weight excluding hydrogens is 282 g/mol. The molecular formula is C18H28ClNO. The number of hydrogen-bond donors (Lipinski definition) is 1. The fraction of sp³-hybridized carbons (Fsp3) is 0.667. The maximum absolute atomic E-state index is 6.35. The van der Waals surface area contributed by atoms with Gasteiger partial charge in [0.25, 0.3) is 0 Å². The van der Waals surface area contributed by atoms with Gasteiger partial charge in [-0.1, -0.05) is 56.3 Å². The molecule has 1 aromatic rings. The first-order chi connectivity index (χ1) is 10.2. The first-order valence-electron chi connectivity index (χ1n) is 8.34. The molecule has 1 aromatic carbocycles. The number of benzene rings is 1. The van der Waals surface area contributed by atoms with Gasteiger partial charge in [0.15, 0.2) is 0 Å². The molecule has 2 rings (SSSR count). The fourth-order valence-corrected chi connectivity index (χ4v) is 3.72. The van der Waals surface area contributed by atoms with Crippen LogP contribution in [0, 0.1) is 0 Å². The average Bonchev–Trinajstić information content (AvgIpc) is 2.73. The molecule has 1 atom stereocenters. The maximum Gasteiger partial charge on any atom is 0.0876 e. The molecule has 1 aliphatic carbocycles. The van der Waals surface area contributed by atoms with Crippen molar-refractivity contribution in [3.8, 4) is 0 Å². The Morgan fingerprint density at radius 2 is 1.71 bits per heavy atom. The molecule has 3 heteroatoms. The Morgan fingerprint density at radius 3 is 2.24 bits per heavy atom. The van der Waals surface area contributed by atoms with Gasteiger partial charge in [0.05, 0.1) is 11.6 Å². The van der Waals surface area contributed by atoms with Crippen molar-refractivity contribution in [1.29, 1.82) is 0 Å². The van der Waals surface area contributed by atoms with Crippen LogP contribution in [-0.4, -0.2) is 18.8 Å². The molecule has 0 bridgehead atoms. The number of halogens is 1. The van der Waals surface area contributed by atoms with Gasteiger partial charge in [-0.3, -0.25) is 0 Å². The number of rotatable bonds is 6. The number of likely N-dealkylation sites (N-methyl/N-ethyl adjacent to an activating group) is 1. The van der Waals surface area contributed by atoms with Gasteiger partial charge < -0.3 is 10.1 Å². The van der Waals surface area contributed by atoms with E-state index >= 15 is 0 Å². The second-order valence-electron chi connectivity index (χ2n) is 5.95. The molecule has 1 N–H and O–H groups in total. The van der Waals surface area contributed by atoms with Crippen LogP contribution < -0.4 is 5.32 Å². The van der Waals surface area contributed by atoms with Crippen LogP contribution in [0.5, 0.6) is 0 Å². The lowest BCUT2D eigenvalue weighted by Gasteiger charge is -2.41. The zero-order chi connectivity index (χ0) is 15.1. The quantitative estimate of drug-likeness (QED) is 0.736. The van der Waals surface area contributed by atoms with E-state index < -0.39 is 0 Å². The van der Waals surface area contributed by atoms with Gasteiger partial charge in [0.2, 0.25) is 0 Å². The Morgan fingerprint density at radius 1 is 1.10 bits per heavy atom. The molecule has 1 unspecified atom stereocenters. The largest absolute Gasteiger partial charge is 0.373 e. The van der Waals surface area contributed by atoms with Crippen LogP contribution in [0.15, 0.2) is 24.3 Å². The topological polar surface area (TPSA) is 21.3 Å². The molecule has 1 fully saturated rings. The van der Waals surface area contributed by atoms with Crippen LogP contribution in [0.4, 0.5) is 0 Å². The van der Waals surface area contributed by atoms with E-state index in [4.69, 9.17) is 16.3 Å². The Labute approximate surface area is 134 Å². The van der Waals surface area contributed by atoms with Gasteiger partial charge >= 0.3 is 0 Å². The lowest BCUT2D eigenvalue weighted by molar-refractivity contribution is -0.0779. The minimum atomic E-state index is -0.0743. The van der Waals surface area contributed by atoms with Gasteiger partial charge in [-0.05, 0) is 44.0 Å². The zero-order valence-electron chi connectivity index (χ0n) is 13.3. The summed E-state index contributed by atoms with van der Waals surface area (Å²) in [5.74, 6) is 0. The molecule has 0 heterocycles. The molecule has 118 valence electrons. The third kappa shape index (κ3) is 4.21. The van der Waals surface area contributed by atoms with Crippen molar-refractivity contribution in [3.63, 3.8) is 0 Å². The predicted molar refractivity (Wildman–Crippen MR) is 89.9 cm³/mol. The monoisotopic (exact) mass is 309 g/mol. The number of ether oxygens (including phenoxy) is 1. The Hall–Kier alpha value is -0.570. The van der Waals surface area contributed by atoms with E-state index in [1.165, 1.54) is 31.2 Å². The molecule has 1 saturated carbocycles. The van der Waals surface area contributed by atoms with Gasteiger partial charge in [-0.2, -0.15) is 0 Å². The van der Waals surface area contributed by atoms with Crippen molar-refractivity contribution < 1.29 is 4.74 Å². The van der Waals surface area contributed by atoms with E-state index in [0.717, 1.165) is 31.0 Å². The standard InChI is InChI=1S/C18H28ClNO/c1-3-20-17(15-9-11-16(19)12-10-15)18(21-4-2)13-7-5-6-8-14-18/h9-12,17,20H,3-8,13-14H2,1-2H3. The van der Waals surface area contributed by atoms with Gasteiger partial charge in [0.1, 0.15) is 0 Å². The summed E-state index contributed by atoms with van der Waals surface area (Å²) in [5, 5.41) is 4.47. The normalized spacial score (nSPS) is 20.0. The van der Waals surface area contributed by atoms with Crippen LogP contribution in [0.1, 0.15) is 64.0 Å². The minimum Gasteiger partial charge on any atom is -0.373 e. The number of hydrogen-bond acceptors (Lipinski definition) is 2. The smallest absolute Gasteiger partial charge is 0.0876 e. The van der Waals surface area contributed by atoms with Gasteiger partial charge in [0, 0.05) is 11.6 Å². The Balaban J connectivity index is 2.32. The van der Waals surface area contributed by atoms with Crippen molar-refractivity contribution in [3.05, 3.63) is 34.9 Å². The van der Waals surface area contributed by atoms with Crippen LogP contribution in [0.3, 0.4) is 0 Å². The van der Waals surface area contributed by atoms with E-state index in [1.807, 2.05) is 12.1 Å². The van der Waals surface area contributed by atoms with Crippen molar-refractivity contribution >= 4 is 11.6 Å². The maximum atomic E-state index is 6.35. The van der Waals surface area contributed by atoms with Crippen molar-refractivity contribution in [2.24, 2.45) is 0 Å². The fourth-order valence-electron chi connectivity index (χ4n) is 3.60.